The van der Waals surface area contributed by atoms with E-state index in [0.717, 1.165) is 12.1 Å². The summed E-state index contributed by atoms with van der Waals surface area (Å²) in [6.07, 6.45) is 0. The Morgan fingerprint density at radius 3 is 2.54 bits per heavy atom. The SMILES string of the molecule is O=C(NNS(=O)(=O)c1ccc(F)cc1F)c1ccc2c(c1)OCO2. The molecule has 24 heavy (non-hydrogen) atoms. The van der Waals surface area contributed by atoms with Crippen molar-refractivity contribution in [2.24, 2.45) is 0 Å². The van der Waals surface area contributed by atoms with E-state index in [-0.39, 0.29) is 12.4 Å². The van der Waals surface area contributed by atoms with Gasteiger partial charge in [-0.25, -0.2) is 17.2 Å². The molecule has 3 rings (SSSR count). The molecule has 0 fully saturated rings. The summed E-state index contributed by atoms with van der Waals surface area (Å²) >= 11 is 0. The van der Waals surface area contributed by atoms with Gasteiger partial charge in [-0.05, 0) is 30.3 Å². The average molecular weight is 356 g/mol. The van der Waals surface area contributed by atoms with Crippen LogP contribution in [-0.4, -0.2) is 21.1 Å². The average Bonchev–Trinajstić information content (AvgIpc) is 2.99. The Labute approximate surface area is 135 Å². The van der Waals surface area contributed by atoms with Crippen molar-refractivity contribution < 1.29 is 31.5 Å². The number of hydrazine groups is 1. The van der Waals surface area contributed by atoms with Gasteiger partial charge >= 0.3 is 0 Å². The number of benzene rings is 2. The number of carbonyl (C=O) groups is 1. The molecule has 0 aliphatic carbocycles. The quantitative estimate of drug-likeness (QED) is 0.806. The lowest BCUT2D eigenvalue weighted by Gasteiger charge is -2.09. The van der Waals surface area contributed by atoms with Gasteiger partial charge in [0.2, 0.25) is 6.79 Å². The van der Waals surface area contributed by atoms with E-state index in [1.165, 1.54) is 18.2 Å². The Bertz CT molecular complexity index is 917. The molecule has 1 heterocycles. The lowest BCUT2D eigenvalue weighted by molar-refractivity contribution is 0.0944. The van der Waals surface area contributed by atoms with Crippen LogP contribution in [0.4, 0.5) is 8.78 Å². The molecule has 2 aromatic carbocycles. The number of ether oxygens (including phenoxy) is 2. The second-order valence-electron chi connectivity index (χ2n) is 4.70. The summed E-state index contributed by atoms with van der Waals surface area (Å²) < 4.78 is 60.5. The van der Waals surface area contributed by atoms with E-state index in [4.69, 9.17) is 9.47 Å². The first-order valence-electron chi connectivity index (χ1n) is 6.54. The highest BCUT2D eigenvalue weighted by molar-refractivity contribution is 7.89. The van der Waals surface area contributed by atoms with Gasteiger partial charge < -0.3 is 9.47 Å². The van der Waals surface area contributed by atoms with Crippen LogP contribution in [0, 0.1) is 11.6 Å². The van der Waals surface area contributed by atoms with Gasteiger partial charge in [0, 0.05) is 11.6 Å². The zero-order valence-corrected chi connectivity index (χ0v) is 12.7. The van der Waals surface area contributed by atoms with Crippen molar-refractivity contribution in [1.82, 2.24) is 10.3 Å². The Morgan fingerprint density at radius 1 is 1.04 bits per heavy atom. The first-order valence-corrected chi connectivity index (χ1v) is 8.02. The Balaban J connectivity index is 1.73. The maximum absolute atomic E-state index is 13.5. The number of amides is 1. The van der Waals surface area contributed by atoms with Gasteiger partial charge in [0.1, 0.15) is 16.5 Å². The number of carbonyl (C=O) groups excluding carboxylic acids is 1. The molecule has 10 heteroatoms. The van der Waals surface area contributed by atoms with Crippen LogP contribution in [-0.2, 0) is 10.0 Å². The molecule has 0 saturated carbocycles. The Hall–Kier alpha value is -2.72. The summed E-state index contributed by atoms with van der Waals surface area (Å²) in [6, 6.07) is 6.22. The summed E-state index contributed by atoms with van der Waals surface area (Å²) in [7, 11) is -4.40. The van der Waals surface area contributed by atoms with Crippen molar-refractivity contribution in [2.45, 2.75) is 4.90 Å². The molecule has 0 aromatic heterocycles. The second-order valence-corrected chi connectivity index (χ2v) is 6.35. The van der Waals surface area contributed by atoms with E-state index in [0.29, 0.717) is 17.6 Å². The van der Waals surface area contributed by atoms with Crippen molar-refractivity contribution >= 4 is 15.9 Å². The van der Waals surface area contributed by atoms with E-state index < -0.39 is 32.5 Å². The molecule has 1 aliphatic heterocycles. The number of hydrogen-bond acceptors (Lipinski definition) is 5. The molecule has 1 aliphatic rings. The van der Waals surface area contributed by atoms with Gasteiger partial charge in [0.25, 0.3) is 15.9 Å². The van der Waals surface area contributed by atoms with Crippen molar-refractivity contribution in [3.63, 3.8) is 0 Å². The van der Waals surface area contributed by atoms with E-state index in [1.54, 1.807) is 4.83 Å². The van der Waals surface area contributed by atoms with Gasteiger partial charge in [-0.1, -0.05) is 0 Å². The standard InChI is InChI=1S/C14H10F2N2O5S/c15-9-2-4-13(10(16)6-9)24(20,21)18-17-14(19)8-1-3-11-12(5-8)23-7-22-11/h1-6,18H,7H2,(H,17,19). The highest BCUT2D eigenvalue weighted by Crippen LogP contribution is 2.32. The molecule has 7 nitrogen and oxygen atoms in total. The largest absolute Gasteiger partial charge is 0.454 e. The van der Waals surface area contributed by atoms with E-state index in [9.17, 15) is 22.0 Å². The third-order valence-electron chi connectivity index (χ3n) is 3.12. The topological polar surface area (TPSA) is 93.7 Å². The van der Waals surface area contributed by atoms with Gasteiger partial charge in [-0.2, -0.15) is 0 Å². The number of sulfonamides is 1. The number of fused-ring (bicyclic) bond motifs is 1. The predicted molar refractivity (Wildman–Crippen MR) is 76.7 cm³/mol. The molecule has 2 N–H and O–H groups in total. The fourth-order valence-electron chi connectivity index (χ4n) is 1.97. The fourth-order valence-corrected chi connectivity index (χ4v) is 2.87. The summed E-state index contributed by atoms with van der Waals surface area (Å²) in [5.41, 5.74) is 2.04. The molecular formula is C14H10F2N2O5S. The van der Waals surface area contributed by atoms with E-state index in [1.807, 2.05) is 5.43 Å². The minimum Gasteiger partial charge on any atom is -0.454 e. The minimum atomic E-state index is -4.40. The van der Waals surface area contributed by atoms with Crippen LogP contribution in [0.1, 0.15) is 10.4 Å². The van der Waals surface area contributed by atoms with Crippen molar-refractivity contribution in [3.8, 4) is 11.5 Å². The van der Waals surface area contributed by atoms with E-state index in [2.05, 4.69) is 0 Å². The highest BCUT2D eigenvalue weighted by atomic mass is 32.2. The van der Waals surface area contributed by atoms with Crippen LogP contribution in [0.2, 0.25) is 0 Å². The van der Waals surface area contributed by atoms with Crippen LogP contribution in [0.5, 0.6) is 11.5 Å². The first-order chi connectivity index (χ1) is 11.4. The summed E-state index contributed by atoms with van der Waals surface area (Å²) in [6.45, 7) is 0.0247. The fraction of sp³-hybridized carbons (Fsp3) is 0.0714. The highest BCUT2D eigenvalue weighted by Gasteiger charge is 2.21. The van der Waals surface area contributed by atoms with Gasteiger partial charge in [-0.3, -0.25) is 10.2 Å². The third kappa shape index (κ3) is 3.14. The molecule has 0 saturated heterocycles. The van der Waals surface area contributed by atoms with Gasteiger partial charge in [-0.15, -0.1) is 4.83 Å². The van der Waals surface area contributed by atoms with Crippen molar-refractivity contribution in [2.75, 3.05) is 6.79 Å². The summed E-state index contributed by atoms with van der Waals surface area (Å²) in [4.78, 5) is 12.9. The van der Waals surface area contributed by atoms with Crippen molar-refractivity contribution in [3.05, 3.63) is 53.6 Å². The van der Waals surface area contributed by atoms with Crippen molar-refractivity contribution in [1.29, 1.82) is 0 Å². The van der Waals surface area contributed by atoms with Gasteiger partial charge in [0.15, 0.2) is 11.5 Å². The molecule has 0 bridgehead atoms. The smallest absolute Gasteiger partial charge is 0.266 e. The number of nitrogens with one attached hydrogen (secondary N) is 2. The van der Waals surface area contributed by atoms with Crippen LogP contribution < -0.4 is 19.7 Å². The minimum absolute atomic E-state index is 0.0247. The van der Waals surface area contributed by atoms with Crippen LogP contribution in [0.15, 0.2) is 41.3 Å². The number of halogens is 2. The third-order valence-corrected chi connectivity index (χ3v) is 4.40. The second kappa shape index (κ2) is 6.06. The molecular weight excluding hydrogens is 346 g/mol. The van der Waals surface area contributed by atoms with Crippen LogP contribution in [0.25, 0.3) is 0 Å². The molecule has 0 radical (unpaired) electrons. The number of hydrogen-bond donors (Lipinski definition) is 2. The molecule has 0 unspecified atom stereocenters. The molecule has 2 aromatic rings. The summed E-state index contributed by atoms with van der Waals surface area (Å²) in [5, 5.41) is 0. The molecule has 0 spiro atoms. The Kier molecular flexibility index (Phi) is 4.08. The van der Waals surface area contributed by atoms with Gasteiger partial charge in [0.05, 0.1) is 0 Å². The molecule has 1 amide bonds. The van der Waals surface area contributed by atoms with Crippen LogP contribution in [0.3, 0.4) is 0 Å². The lowest BCUT2D eigenvalue weighted by atomic mass is 10.2. The zero-order chi connectivity index (χ0) is 17.3. The Morgan fingerprint density at radius 2 is 1.79 bits per heavy atom. The number of rotatable bonds is 4. The van der Waals surface area contributed by atoms with Crippen LogP contribution >= 0.6 is 0 Å². The molecule has 0 atom stereocenters. The normalized spacial score (nSPS) is 12.9. The predicted octanol–water partition coefficient (Wildman–Crippen LogP) is 1.32. The maximum Gasteiger partial charge on any atom is 0.266 e. The zero-order valence-electron chi connectivity index (χ0n) is 11.9. The summed E-state index contributed by atoms with van der Waals surface area (Å²) in [5.74, 6) is -2.19. The first kappa shape index (κ1) is 16.1. The van der Waals surface area contributed by atoms with E-state index >= 15 is 0 Å². The molecule has 126 valence electrons. The maximum atomic E-state index is 13.5. The monoisotopic (exact) mass is 356 g/mol. The lowest BCUT2D eigenvalue weighted by Crippen LogP contribution is -2.41.